The number of alkyl halides is 6. The Morgan fingerprint density at radius 3 is 1.71 bits per heavy atom. The van der Waals surface area contributed by atoms with Gasteiger partial charge in [0, 0.05) is 5.56 Å². The highest BCUT2D eigenvalue weighted by Gasteiger charge is 2.27. The highest BCUT2D eigenvalue weighted by Crippen LogP contribution is 2.13. The van der Waals surface area contributed by atoms with Crippen LogP contribution in [0.4, 0.5) is 26.3 Å². The fourth-order valence-corrected chi connectivity index (χ4v) is 2.22. The lowest BCUT2D eigenvalue weighted by atomic mass is 10.0. The molecule has 31 heavy (non-hydrogen) atoms. The van der Waals surface area contributed by atoms with E-state index in [0.717, 1.165) is 12.0 Å². The molecule has 0 heterocycles. The Bertz CT molecular complexity index is 818. The number of rotatable bonds is 7. The molecule has 1 aromatic carbocycles. The van der Waals surface area contributed by atoms with E-state index < -0.39 is 25.4 Å². The number of hydrogen-bond donors (Lipinski definition) is 4. The molecule has 0 unspecified atom stereocenters. The van der Waals surface area contributed by atoms with Crippen LogP contribution in [0, 0.1) is 0 Å². The van der Waals surface area contributed by atoms with E-state index in [1.807, 2.05) is 29.7 Å². The zero-order chi connectivity index (χ0) is 23.7. The van der Waals surface area contributed by atoms with Gasteiger partial charge < -0.3 is 10.6 Å². The van der Waals surface area contributed by atoms with Crippen LogP contribution in [-0.4, -0.2) is 47.1 Å². The van der Waals surface area contributed by atoms with E-state index in [9.17, 15) is 26.3 Å². The van der Waals surface area contributed by atoms with E-state index in [0.29, 0.717) is 5.56 Å². The molecule has 0 amide bonds. The SMILES string of the molecule is CCc1ccc(C(=N\NC(=S)NCC(F)(F)F)/C(C)=N/NC(=S)NCC(F)(F)F)cc1. The molecule has 172 valence electrons. The zero-order valence-electron chi connectivity index (χ0n) is 16.4. The molecule has 0 radical (unpaired) electrons. The fourth-order valence-electron chi connectivity index (χ4n) is 1.99. The van der Waals surface area contributed by atoms with Gasteiger partial charge in [0.25, 0.3) is 0 Å². The van der Waals surface area contributed by atoms with E-state index in [-0.39, 0.29) is 21.6 Å². The second-order valence-electron chi connectivity index (χ2n) is 6.03. The van der Waals surface area contributed by atoms with Gasteiger partial charge in [-0.05, 0) is 43.3 Å². The van der Waals surface area contributed by atoms with Crippen molar-refractivity contribution in [2.45, 2.75) is 32.6 Å². The lowest BCUT2D eigenvalue weighted by Crippen LogP contribution is -2.40. The van der Waals surface area contributed by atoms with Crippen molar-refractivity contribution >= 4 is 46.1 Å². The molecule has 0 aliphatic rings. The number of benzene rings is 1. The third kappa shape index (κ3) is 11.5. The lowest BCUT2D eigenvalue weighted by Gasteiger charge is -2.13. The highest BCUT2D eigenvalue weighted by atomic mass is 32.1. The number of hydrazone groups is 2. The average molecular weight is 487 g/mol. The second-order valence-corrected chi connectivity index (χ2v) is 6.84. The molecule has 0 spiro atoms. The van der Waals surface area contributed by atoms with Crippen molar-refractivity contribution in [2.75, 3.05) is 13.1 Å². The normalized spacial score (nSPS) is 12.9. The first-order valence-corrected chi connectivity index (χ1v) is 9.55. The summed E-state index contributed by atoms with van der Waals surface area (Å²) in [7, 11) is 0. The van der Waals surface area contributed by atoms with Crippen LogP contribution < -0.4 is 21.5 Å². The van der Waals surface area contributed by atoms with Gasteiger partial charge in [0.1, 0.15) is 18.8 Å². The summed E-state index contributed by atoms with van der Waals surface area (Å²) >= 11 is 9.50. The van der Waals surface area contributed by atoms with Crippen molar-refractivity contribution in [3.63, 3.8) is 0 Å². The molecule has 0 saturated carbocycles. The minimum atomic E-state index is -4.46. The summed E-state index contributed by atoms with van der Waals surface area (Å²) in [5.74, 6) is 0. The van der Waals surface area contributed by atoms with Gasteiger partial charge in [-0.15, -0.1) is 0 Å². The largest absolute Gasteiger partial charge is 0.405 e. The Labute approximate surface area is 185 Å². The van der Waals surface area contributed by atoms with Crippen molar-refractivity contribution in [3.8, 4) is 0 Å². The Morgan fingerprint density at radius 2 is 1.29 bits per heavy atom. The van der Waals surface area contributed by atoms with Crippen LogP contribution in [0.5, 0.6) is 0 Å². The molecule has 4 N–H and O–H groups in total. The van der Waals surface area contributed by atoms with Crippen LogP contribution in [0.15, 0.2) is 34.5 Å². The van der Waals surface area contributed by atoms with Gasteiger partial charge in [0.2, 0.25) is 0 Å². The summed E-state index contributed by atoms with van der Waals surface area (Å²) in [6.45, 7) is 0.762. The van der Waals surface area contributed by atoms with E-state index in [1.165, 1.54) is 6.92 Å². The van der Waals surface area contributed by atoms with E-state index in [4.69, 9.17) is 24.4 Å². The summed E-state index contributed by atoms with van der Waals surface area (Å²) in [6, 6.07) is 7.07. The summed E-state index contributed by atoms with van der Waals surface area (Å²) in [5, 5.41) is 11.1. The van der Waals surface area contributed by atoms with Gasteiger partial charge in [-0.1, -0.05) is 31.2 Å². The Kier molecular flexibility index (Phi) is 10.1. The molecular weight excluding hydrogens is 466 g/mol. The first-order chi connectivity index (χ1) is 14.3. The maximum absolute atomic E-state index is 12.3. The second kappa shape index (κ2) is 11.8. The van der Waals surface area contributed by atoms with Gasteiger partial charge in [0.15, 0.2) is 10.2 Å². The van der Waals surface area contributed by atoms with E-state index in [2.05, 4.69) is 21.1 Å². The van der Waals surface area contributed by atoms with Crippen molar-refractivity contribution in [3.05, 3.63) is 35.4 Å². The minimum absolute atomic E-state index is 0.185. The number of thiocarbonyl (C=S) groups is 2. The monoisotopic (exact) mass is 486 g/mol. The predicted molar refractivity (Wildman–Crippen MR) is 115 cm³/mol. The number of nitrogens with one attached hydrogen (secondary N) is 4. The molecule has 1 aromatic rings. The molecule has 0 bridgehead atoms. The fraction of sp³-hybridized carbons (Fsp3) is 0.412. The summed E-state index contributed by atoms with van der Waals surface area (Å²) in [6.07, 6.45) is -8.14. The van der Waals surface area contributed by atoms with Gasteiger partial charge in [-0.25, -0.2) is 0 Å². The third-order valence-corrected chi connectivity index (χ3v) is 3.94. The molecule has 0 aliphatic heterocycles. The summed E-state index contributed by atoms with van der Waals surface area (Å²) < 4.78 is 73.6. The summed E-state index contributed by atoms with van der Waals surface area (Å²) in [4.78, 5) is 0. The maximum Gasteiger partial charge on any atom is 0.405 e. The molecule has 0 aromatic heterocycles. The van der Waals surface area contributed by atoms with Gasteiger partial charge >= 0.3 is 12.4 Å². The van der Waals surface area contributed by atoms with E-state index >= 15 is 0 Å². The average Bonchev–Trinajstić information content (AvgIpc) is 2.68. The number of aryl methyl sites for hydroxylation is 1. The zero-order valence-corrected chi connectivity index (χ0v) is 18.0. The van der Waals surface area contributed by atoms with Crippen molar-refractivity contribution in [1.29, 1.82) is 0 Å². The first kappa shape index (κ1) is 26.6. The van der Waals surface area contributed by atoms with E-state index in [1.54, 1.807) is 12.1 Å². The molecule has 14 heteroatoms. The highest BCUT2D eigenvalue weighted by molar-refractivity contribution is 7.80. The number of hydrogen-bond acceptors (Lipinski definition) is 4. The van der Waals surface area contributed by atoms with Gasteiger partial charge in [-0.2, -0.15) is 36.5 Å². The van der Waals surface area contributed by atoms with Crippen molar-refractivity contribution in [2.24, 2.45) is 10.2 Å². The molecule has 0 fully saturated rings. The van der Waals surface area contributed by atoms with Crippen molar-refractivity contribution in [1.82, 2.24) is 21.5 Å². The molecule has 0 saturated heterocycles. The standard InChI is InChI=1S/C17H20F6N6S2/c1-3-11-4-6-12(7-5-11)13(27-29-15(31)25-9-17(21,22)23)10(2)26-28-14(30)24-8-16(18,19)20/h4-7H,3,8-9H2,1-2H3,(H2,24,28,30)(H2,25,29,31)/b26-10+,27-13-. The van der Waals surface area contributed by atoms with Crippen LogP contribution in [0.1, 0.15) is 25.0 Å². The Hall–Kier alpha value is -2.48. The topological polar surface area (TPSA) is 72.8 Å². The maximum atomic E-state index is 12.3. The third-order valence-electron chi connectivity index (χ3n) is 3.47. The van der Waals surface area contributed by atoms with Crippen LogP contribution in [0.3, 0.4) is 0 Å². The smallest absolute Gasteiger partial charge is 0.352 e. The molecule has 1 rings (SSSR count). The van der Waals surface area contributed by atoms with Crippen LogP contribution >= 0.6 is 24.4 Å². The van der Waals surface area contributed by atoms with Gasteiger partial charge in [0.05, 0.1) is 5.71 Å². The molecule has 0 atom stereocenters. The Balaban J connectivity index is 2.97. The quantitative estimate of drug-likeness (QED) is 0.205. The molecular formula is C17H20F6N6S2. The number of nitrogens with zero attached hydrogens (tertiary/aromatic N) is 2. The number of halogens is 6. The van der Waals surface area contributed by atoms with Crippen LogP contribution in [-0.2, 0) is 6.42 Å². The Morgan fingerprint density at radius 1 is 0.839 bits per heavy atom. The summed E-state index contributed by atoms with van der Waals surface area (Å²) in [5.41, 5.74) is 6.51. The molecule has 0 aliphatic carbocycles. The van der Waals surface area contributed by atoms with Crippen molar-refractivity contribution < 1.29 is 26.3 Å². The van der Waals surface area contributed by atoms with Gasteiger partial charge in [-0.3, -0.25) is 10.9 Å². The van der Waals surface area contributed by atoms with Crippen LogP contribution in [0.2, 0.25) is 0 Å². The van der Waals surface area contributed by atoms with Crippen LogP contribution in [0.25, 0.3) is 0 Å². The molecule has 6 nitrogen and oxygen atoms in total. The lowest BCUT2D eigenvalue weighted by molar-refractivity contribution is -0.122. The first-order valence-electron chi connectivity index (χ1n) is 8.73. The minimum Gasteiger partial charge on any atom is -0.352 e. The predicted octanol–water partition coefficient (Wildman–Crippen LogP) is 3.38.